The number of nitrogens with one attached hydrogen (secondary N) is 1. The zero-order chi connectivity index (χ0) is 23.4. The molecule has 0 radical (unpaired) electrons. The lowest BCUT2D eigenvalue weighted by atomic mass is 10.2. The molecule has 0 bridgehead atoms. The van der Waals surface area contributed by atoms with Crippen molar-refractivity contribution in [3.8, 4) is 0 Å². The molecule has 0 unspecified atom stereocenters. The lowest BCUT2D eigenvalue weighted by molar-refractivity contribution is 0.0999. The number of imidazole rings is 1. The predicted octanol–water partition coefficient (Wildman–Crippen LogP) is 4.46. The van der Waals surface area contributed by atoms with Gasteiger partial charge >= 0.3 is 0 Å². The Kier molecular flexibility index (Phi) is 6.96. The zero-order valence-electron chi connectivity index (χ0n) is 18.9. The van der Waals surface area contributed by atoms with Crippen molar-refractivity contribution in [1.29, 1.82) is 0 Å². The molecule has 170 valence electrons. The van der Waals surface area contributed by atoms with Gasteiger partial charge in [0.15, 0.2) is 10.9 Å². The van der Waals surface area contributed by atoms with Crippen molar-refractivity contribution in [3.63, 3.8) is 0 Å². The first-order valence-electron chi connectivity index (χ1n) is 10.6. The number of hydrogen-bond donors (Lipinski definition) is 1. The van der Waals surface area contributed by atoms with Crippen LogP contribution >= 0.6 is 11.8 Å². The highest BCUT2D eigenvalue weighted by molar-refractivity contribution is 7.99. The Labute approximate surface area is 196 Å². The molecule has 0 saturated heterocycles. The van der Waals surface area contributed by atoms with Crippen molar-refractivity contribution in [2.75, 3.05) is 24.9 Å². The van der Waals surface area contributed by atoms with Crippen molar-refractivity contribution >= 4 is 34.5 Å². The maximum Gasteiger partial charge on any atom is 0.270 e. The van der Waals surface area contributed by atoms with Gasteiger partial charge in [0.1, 0.15) is 0 Å². The normalized spacial score (nSPS) is 11.1. The first kappa shape index (κ1) is 22.8. The van der Waals surface area contributed by atoms with Crippen molar-refractivity contribution in [3.05, 3.63) is 83.2 Å². The summed E-state index contributed by atoms with van der Waals surface area (Å²) in [6.45, 7) is 4.92. The van der Waals surface area contributed by atoms with Crippen LogP contribution in [-0.4, -0.2) is 45.4 Å². The second-order valence-electron chi connectivity index (χ2n) is 7.67. The van der Waals surface area contributed by atoms with Crippen molar-refractivity contribution in [2.24, 2.45) is 0 Å². The number of fused-ring (bicyclic) bond motifs is 1. The number of para-hydroxylation sites is 2. The average Bonchev–Trinajstić information content (AvgIpc) is 3.33. The Morgan fingerprint density at radius 2 is 1.79 bits per heavy atom. The Hall–Kier alpha value is -3.36. The van der Waals surface area contributed by atoms with E-state index in [1.165, 1.54) is 11.8 Å². The molecule has 0 fully saturated rings. The van der Waals surface area contributed by atoms with Gasteiger partial charge in [-0.05, 0) is 44.2 Å². The van der Waals surface area contributed by atoms with Crippen molar-refractivity contribution < 1.29 is 14.3 Å². The van der Waals surface area contributed by atoms with Crippen LogP contribution in [0.1, 0.15) is 32.1 Å². The molecule has 0 aliphatic heterocycles. The van der Waals surface area contributed by atoms with Gasteiger partial charge in [-0.3, -0.25) is 19.7 Å². The fourth-order valence-corrected chi connectivity index (χ4v) is 4.67. The van der Waals surface area contributed by atoms with E-state index < -0.39 is 0 Å². The van der Waals surface area contributed by atoms with Crippen molar-refractivity contribution in [1.82, 2.24) is 14.2 Å². The van der Waals surface area contributed by atoms with E-state index in [4.69, 9.17) is 9.72 Å². The second-order valence-corrected chi connectivity index (χ2v) is 8.61. The minimum atomic E-state index is -0.224. The van der Waals surface area contributed by atoms with Crippen LogP contribution in [0.5, 0.6) is 0 Å². The van der Waals surface area contributed by atoms with Crippen LogP contribution in [0.2, 0.25) is 0 Å². The minimum Gasteiger partial charge on any atom is -0.383 e. The number of ketones is 1. The number of ether oxygens (including phenoxy) is 1. The summed E-state index contributed by atoms with van der Waals surface area (Å²) in [5, 5.41) is 0.785. The standard InChI is InChI=1S/C25H26N4O3S/c1-17-15-20(18(2)29(17)27-24(31)19-9-5-4-6-10-19)23(30)16-33-25-26-21-11-7-8-12-22(21)28(25)13-14-32-3/h4-12,15H,13-14,16H2,1-3H3,(H,27,31). The number of carbonyl (C=O) groups excluding carboxylic acids is 2. The van der Waals surface area contributed by atoms with Crippen LogP contribution in [0.4, 0.5) is 0 Å². The van der Waals surface area contributed by atoms with Gasteiger partial charge in [0.2, 0.25) is 0 Å². The van der Waals surface area contributed by atoms with Crippen molar-refractivity contribution in [2.45, 2.75) is 25.5 Å². The molecule has 0 aliphatic carbocycles. The second kappa shape index (κ2) is 10.1. The molecule has 4 rings (SSSR count). The average molecular weight is 463 g/mol. The van der Waals surface area contributed by atoms with Gasteiger partial charge in [0, 0.05) is 36.2 Å². The number of nitrogens with zero attached hydrogens (tertiary/aromatic N) is 3. The number of hydrogen-bond acceptors (Lipinski definition) is 5. The highest BCUT2D eigenvalue weighted by Crippen LogP contribution is 2.26. The number of methoxy groups -OCH3 is 1. The molecule has 1 amide bonds. The van der Waals surface area contributed by atoms with Crippen LogP contribution in [-0.2, 0) is 11.3 Å². The van der Waals surface area contributed by atoms with Gasteiger partial charge < -0.3 is 9.30 Å². The first-order valence-corrected chi connectivity index (χ1v) is 11.6. The Bertz CT molecular complexity index is 1290. The third-order valence-corrected chi connectivity index (χ3v) is 6.43. The summed E-state index contributed by atoms with van der Waals surface area (Å²) in [7, 11) is 1.67. The molecule has 8 heteroatoms. The number of aromatic nitrogens is 3. The van der Waals surface area contributed by atoms with Gasteiger partial charge in [0.25, 0.3) is 5.91 Å². The third-order valence-electron chi connectivity index (χ3n) is 5.45. The molecule has 2 heterocycles. The number of carbonyl (C=O) groups is 2. The smallest absolute Gasteiger partial charge is 0.270 e. The first-order chi connectivity index (χ1) is 16.0. The Morgan fingerprint density at radius 3 is 2.55 bits per heavy atom. The van der Waals surface area contributed by atoms with Crippen LogP contribution in [0.25, 0.3) is 11.0 Å². The molecule has 0 saturated carbocycles. The largest absolute Gasteiger partial charge is 0.383 e. The van der Waals surface area contributed by atoms with Crippen LogP contribution in [0.15, 0.2) is 65.8 Å². The summed E-state index contributed by atoms with van der Waals surface area (Å²) < 4.78 is 9.00. The van der Waals surface area contributed by atoms with E-state index >= 15 is 0 Å². The van der Waals surface area contributed by atoms with E-state index in [1.807, 2.05) is 62.4 Å². The van der Waals surface area contributed by atoms with Gasteiger partial charge in [-0.25, -0.2) is 4.98 Å². The summed E-state index contributed by atoms with van der Waals surface area (Å²) in [6, 6.07) is 18.7. The minimum absolute atomic E-state index is 0.0151. The number of benzene rings is 2. The monoisotopic (exact) mass is 462 g/mol. The summed E-state index contributed by atoms with van der Waals surface area (Å²) in [5.41, 5.74) is 7.44. The van der Waals surface area contributed by atoms with E-state index in [-0.39, 0.29) is 17.4 Å². The maximum atomic E-state index is 13.1. The maximum absolute atomic E-state index is 13.1. The van der Waals surface area contributed by atoms with Crippen LogP contribution < -0.4 is 5.43 Å². The van der Waals surface area contributed by atoms with E-state index in [2.05, 4.69) is 9.99 Å². The Morgan fingerprint density at radius 1 is 1.06 bits per heavy atom. The van der Waals surface area contributed by atoms with E-state index in [1.54, 1.807) is 23.9 Å². The van der Waals surface area contributed by atoms with Crippen LogP contribution in [0.3, 0.4) is 0 Å². The zero-order valence-corrected chi connectivity index (χ0v) is 19.7. The fraction of sp³-hybridized carbons (Fsp3) is 0.240. The number of amides is 1. The van der Waals surface area contributed by atoms with Gasteiger partial charge in [-0.2, -0.15) is 0 Å². The number of thioether (sulfide) groups is 1. The topological polar surface area (TPSA) is 78.1 Å². The number of rotatable bonds is 9. The molecule has 2 aromatic heterocycles. The molecular formula is C25H26N4O3S. The lowest BCUT2D eigenvalue weighted by Crippen LogP contribution is -2.25. The van der Waals surface area contributed by atoms with Gasteiger partial charge in [-0.15, -0.1) is 0 Å². The van der Waals surface area contributed by atoms with Crippen LogP contribution in [0, 0.1) is 13.8 Å². The van der Waals surface area contributed by atoms with E-state index in [0.29, 0.717) is 30.0 Å². The molecule has 0 aliphatic rings. The quantitative estimate of drug-likeness (QED) is 0.294. The lowest BCUT2D eigenvalue weighted by Gasteiger charge is -2.12. The summed E-state index contributed by atoms with van der Waals surface area (Å²) in [5.74, 6) is 0.00374. The van der Waals surface area contributed by atoms with E-state index in [0.717, 1.165) is 21.9 Å². The van der Waals surface area contributed by atoms with E-state index in [9.17, 15) is 9.59 Å². The molecular weight excluding hydrogens is 436 g/mol. The third kappa shape index (κ3) is 4.86. The summed E-state index contributed by atoms with van der Waals surface area (Å²) >= 11 is 1.41. The molecule has 7 nitrogen and oxygen atoms in total. The highest BCUT2D eigenvalue weighted by atomic mass is 32.2. The number of aryl methyl sites for hydroxylation is 1. The molecule has 1 N–H and O–H groups in total. The predicted molar refractivity (Wildman–Crippen MR) is 131 cm³/mol. The summed E-state index contributed by atoms with van der Waals surface area (Å²) in [4.78, 5) is 30.4. The molecule has 33 heavy (non-hydrogen) atoms. The molecule has 2 aromatic carbocycles. The highest BCUT2D eigenvalue weighted by Gasteiger charge is 2.19. The van der Waals surface area contributed by atoms with Gasteiger partial charge in [-0.1, -0.05) is 42.1 Å². The SMILES string of the molecule is COCCn1c(SCC(=O)c2cc(C)n(NC(=O)c3ccccc3)c2C)nc2ccccc21. The molecule has 4 aromatic rings. The molecule has 0 spiro atoms. The Balaban J connectivity index is 1.51. The number of Topliss-reactive ketones (excluding diaryl/α,β-unsaturated/α-hetero) is 1. The fourth-order valence-electron chi connectivity index (χ4n) is 3.74. The van der Waals surface area contributed by atoms with Gasteiger partial charge in [0.05, 0.1) is 23.4 Å². The summed E-state index contributed by atoms with van der Waals surface area (Å²) in [6.07, 6.45) is 0. The molecule has 0 atom stereocenters.